The quantitative estimate of drug-likeness (QED) is 0.0331. The Bertz CT molecular complexity index is 2320. The molecule has 0 aliphatic heterocycles. The van der Waals surface area contributed by atoms with Crippen LogP contribution in [-0.4, -0.2) is 44.5 Å². The van der Waals surface area contributed by atoms with Gasteiger partial charge in [0.1, 0.15) is 11.3 Å². The minimum Gasteiger partial charge on any atom is -0.494 e. The minimum atomic E-state index is -2.22. The molecule has 1 amide bonds. The van der Waals surface area contributed by atoms with Crippen LogP contribution in [0.4, 0.5) is 11.4 Å². The van der Waals surface area contributed by atoms with E-state index in [2.05, 4.69) is 34.7 Å². The minimum absolute atomic E-state index is 0.0473. The lowest BCUT2D eigenvalue weighted by atomic mass is 9.98. The number of ether oxygens (including phenoxy) is 2. The molecule has 1 N–H and O–H groups in total. The molecule has 4 aromatic carbocycles. The van der Waals surface area contributed by atoms with Crippen LogP contribution in [0.25, 0.3) is 21.3 Å². The Labute approximate surface area is 359 Å². The smallest absolute Gasteiger partial charge is 0.307 e. The first-order valence-electron chi connectivity index (χ1n) is 22.2. The number of hydrogen-bond acceptors (Lipinski definition) is 8. The summed E-state index contributed by atoms with van der Waals surface area (Å²) in [5, 5.41) is 11.7. The van der Waals surface area contributed by atoms with Crippen LogP contribution in [0, 0.1) is 0 Å². The number of rotatable bonds is 26. The Balaban J connectivity index is 1.08. The van der Waals surface area contributed by atoms with E-state index in [1.807, 2.05) is 48.0 Å². The maximum atomic E-state index is 14.8. The Morgan fingerprint density at radius 1 is 0.717 bits per heavy atom. The molecule has 2 aromatic heterocycles. The highest BCUT2D eigenvalue weighted by Gasteiger charge is 2.51. The van der Waals surface area contributed by atoms with Crippen molar-refractivity contribution >= 4 is 55.7 Å². The van der Waals surface area contributed by atoms with E-state index in [9.17, 15) is 9.59 Å². The third-order valence-electron chi connectivity index (χ3n) is 11.1. The van der Waals surface area contributed by atoms with E-state index in [1.165, 1.54) is 94.6 Å². The highest BCUT2D eigenvalue weighted by atomic mass is 32.1. The first-order chi connectivity index (χ1) is 29.4. The van der Waals surface area contributed by atoms with Crippen molar-refractivity contribution in [3.05, 3.63) is 107 Å². The molecule has 6 rings (SSSR count). The van der Waals surface area contributed by atoms with Gasteiger partial charge in [0, 0.05) is 24.9 Å². The third-order valence-corrected chi connectivity index (χ3v) is 12.2. The number of carbonyl (C=O) groups excluding carboxylic acids is 2. The summed E-state index contributed by atoms with van der Waals surface area (Å²) in [6, 6.07) is 29.4. The number of aryl methyl sites for hydroxylation is 1. The van der Waals surface area contributed by atoms with Crippen LogP contribution < -0.4 is 14.9 Å². The summed E-state index contributed by atoms with van der Waals surface area (Å²) >= 11 is 1.59. The van der Waals surface area contributed by atoms with Crippen molar-refractivity contribution in [2.45, 2.75) is 122 Å². The molecular formula is C49H62N6O4S. The molecule has 0 fully saturated rings. The molecule has 1 atom stereocenters. The van der Waals surface area contributed by atoms with Gasteiger partial charge in [-0.3, -0.25) is 9.59 Å². The number of fused-ring (bicyclic) bond motifs is 2. The fourth-order valence-corrected chi connectivity index (χ4v) is 8.72. The molecule has 0 saturated carbocycles. The van der Waals surface area contributed by atoms with Gasteiger partial charge in [0.25, 0.3) is 5.91 Å². The van der Waals surface area contributed by atoms with E-state index in [4.69, 9.17) is 14.5 Å². The van der Waals surface area contributed by atoms with Gasteiger partial charge in [-0.2, -0.15) is 4.68 Å². The fraction of sp³-hybridized carbons (Fsp3) is 0.449. The van der Waals surface area contributed by atoms with Gasteiger partial charge < -0.3 is 19.4 Å². The number of thiazole rings is 1. The van der Waals surface area contributed by atoms with Gasteiger partial charge in [-0.15, -0.1) is 5.10 Å². The van der Waals surface area contributed by atoms with Crippen molar-refractivity contribution in [2.24, 2.45) is 12.0 Å². The number of ketones is 1. The normalized spacial score (nSPS) is 12.9. The molecule has 0 aliphatic carbocycles. The van der Waals surface area contributed by atoms with Crippen LogP contribution in [0.3, 0.4) is 0 Å². The number of benzene rings is 4. The van der Waals surface area contributed by atoms with E-state index >= 15 is 0 Å². The molecule has 1 unspecified atom stereocenters. The second-order valence-corrected chi connectivity index (χ2v) is 16.6. The highest BCUT2D eigenvalue weighted by molar-refractivity contribution is 7.16. The molecule has 60 heavy (non-hydrogen) atoms. The molecule has 0 spiro atoms. The van der Waals surface area contributed by atoms with Crippen molar-refractivity contribution in [1.29, 1.82) is 0 Å². The first kappa shape index (κ1) is 44.4. The van der Waals surface area contributed by atoms with Crippen LogP contribution in [0.2, 0.25) is 0 Å². The van der Waals surface area contributed by atoms with Crippen LogP contribution in [0.15, 0.2) is 102 Å². The number of amides is 1. The highest BCUT2D eigenvalue weighted by Crippen LogP contribution is 2.32. The SMILES string of the molecule is CCCCCCCCCCCCCCCCCCOc1ccc(C(=O)C(OCC)(C(=O)Nc2ccccc2)n2nnc3cc(/N=c4\sc5ccccc5n4C)ccc32)cc1. The Hall–Kier alpha value is -5.13. The summed E-state index contributed by atoms with van der Waals surface area (Å²) in [6.07, 6.45) is 21.1. The van der Waals surface area contributed by atoms with E-state index in [1.54, 1.807) is 66.8 Å². The second kappa shape index (κ2) is 23.0. The number of hydrogen-bond donors (Lipinski definition) is 1. The number of nitrogens with zero attached hydrogens (tertiary/aromatic N) is 5. The summed E-state index contributed by atoms with van der Waals surface area (Å²) in [5.74, 6) is -0.611. The van der Waals surface area contributed by atoms with Crippen molar-refractivity contribution in [3.63, 3.8) is 0 Å². The predicted octanol–water partition coefficient (Wildman–Crippen LogP) is 12.1. The number of anilines is 1. The average molecular weight is 831 g/mol. The van der Waals surface area contributed by atoms with Crippen LogP contribution >= 0.6 is 11.3 Å². The van der Waals surface area contributed by atoms with Gasteiger partial charge in [-0.25, -0.2) is 4.99 Å². The molecule has 0 aliphatic rings. The number of para-hydroxylation sites is 2. The van der Waals surface area contributed by atoms with E-state index in [-0.39, 0.29) is 12.2 Å². The van der Waals surface area contributed by atoms with Crippen LogP contribution in [-0.2, 0) is 22.3 Å². The number of carbonyl (C=O) groups is 2. The molecule has 10 nitrogen and oxygen atoms in total. The van der Waals surface area contributed by atoms with E-state index in [0.29, 0.717) is 34.8 Å². The van der Waals surface area contributed by atoms with E-state index < -0.39 is 17.4 Å². The monoisotopic (exact) mass is 830 g/mol. The zero-order valence-electron chi connectivity index (χ0n) is 35.7. The molecular weight excluding hydrogens is 769 g/mol. The lowest BCUT2D eigenvalue weighted by Gasteiger charge is -2.31. The molecule has 2 heterocycles. The Morgan fingerprint density at radius 3 is 1.97 bits per heavy atom. The lowest BCUT2D eigenvalue weighted by molar-refractivity contribution is -0.147. The summed E-state index contributed by atoms with van der Waals surface area (Å²) in [4.78, 5) is 35.0. The molecule has 0 bridgehead atoms. The first-order valence-corrected chi connectivity index (χ1v) is 23.0. The maximum Gasteiger partial charge on any atom is 0.307 e. The molecule has 0 saturated heterocycles. The largest absolute Gasteiger partial charge is 0.494 e. The average Bonchev–Trinajstić information content (AvgIpc) is 3.84. The Morgan fingerprint density at radius 2 is 1.33 bits per heavy atom. The fourth-order valence-electron chi connectivity index (χ4n) is 7.69. The van der Waals surface area contributed by atoms with Gasteiger partial charge in [0.05, 0.1) is 28.0 Å². The van der Waals surface area contributed by atoms with Gasteiger partial charge >= 0.3 is 5.72 Å². The molecule has 6 aromatic rings. The van der Waals surface area contributed by atoms with Gasteiger partial charge in [0.15, 0.2) is 4.80 Å². The number of aromatic nitrogens is 4. The van der Waals surface area contributed by atoms with E-state index in [0.717, 1.165) is 27.9 Å². The number of unbranched alkanes of at least 4 members (excludes halogenated alkanes) is 15. The van der Waals surface area contributed by atoms with Crippen LogP contribution in [0.5, 0.6) is 5.75 Å². The standard InChI is InChI=1S/C49H62N6O4S/c1-4-6-7-8-9-10-11-12-13-14-15-16-17-18-19-25-36-58-41-33-30-38(31-34-41)46(56)49(59-5-2,47(57)50-39-26-21-20-22-27-39)55-43-35-32-40(37-42(43)52-53-55)51-48-54(3)44-28-23-24-29-45(44)60-48/h20-24,26-35,37H,4-19,25,36H2,1-3H3,(H,50,57)/b51-48-. The molecule has 11 heteroatoms. The van der Waals surface area contributed by atoms with Gasteiger partial charge in [-0.05, 0) is 80.1 Å². The second-order valence-electron chi connectivity index (χ2n) is 15.6. The van der Waals surface area contributed by atoms with Gasteiger partial charge in [0.2, 0.25) is 5.78 Å². The zero-order chi connectivity index (χ0) is 42.0. The summed E-state index contributed by atoms with van der Waals surface area (Å²) in [5.41, 5.74) is 1.22. The van der Waals surface area contributed by atoms with Crippen molar-refractivity contribution in [1.82, 2.24) is 19.6 Å². The van der Waals surface area contributed by atoms with Crippen LogP contribution in [0.1, 0.15) is 127 Å². The maximum absolute atomic E-state index is 14.8. The topological polar surface area (TPSA) is 113 Å². The molecule has 318 valence electrons. The number of Topliss-reactive ketones (excluding diaryl/α,β-unsaturated/α-hetero) is 1. The van der Waals surface area contributed by atoms with Crippen molar-refractivity contribution in [2.75, 3.05) is 18.5 Å². The van der Waals surface area contributed by atoms with Crippen molar-refractivity contribution in [3.8, 4) is 5.75 Å². The summed E-state index contributed by atoms with van der Waals surface area (Å²) in [6.45, 7) is 4.67. The predicted molar refractivity (Wildman–Crippen MR) is 244 cm³/mol. The van der Waals surface area contributed by atoms with Crippen molar-refractivity contribution < 1.29 is 19.1 Å². The third kappa shape index (κ3) is 11.6. The lowest BCUT2D eigenvalue weighted by Crippen LogP contribution is -2.54. The summed E-state index contributed by atoms with van der Waals surface area (Å²) < 4.78 is 16.8. The summed E-state index contributed by atoms with van der Waals surface area (Å²) in [7, 11) is 1.99. The van der Waals surface area contributed by atoms with Gasteiger partial charge in [-0.1, -0.05) is 150 Å². The number of nitrogens with one attached hydrogen (secondary N) is 1. The Kier molecular flexibility index (Phi) is 17.0. The zero-order valence-corrected chi connectivity index (χ0v) is 36.6. The molecule has 0 radical (unpaired) electrons.